The van der Waals surface area contributed by atoms with Gasteiger partial charge in [0.2, 0.25) is 0 Å². The van der Waals surface area contributed by atoms with E-state index in [1.165, 1.54) is 0 Å². The topological polar surface area (TPSA) is 81.9 Å². The molecule has 0 saturated heterocycles. The predicted octanol–water partition coefficient (Wildman–Crippen LogP) is 2.52. The number of hydrogen-bond donors (Lipinski definition) is 1. The van der Waals surface area contributed by atoms with Crippen LogP contribution in [0.2, 0.25) is 0 Å². The van der Waals surface area contributed by atoms with E-state index in [4.69, 9.17) is 4.74 Å². The van der Waals surface area contributed by atoms with Gasteiger partial charge in [-0.2, -0.15) is 5.10 Å². The van der Waals surface area contributed by atoms with Gasteiger partial charge in [0, 0.05) is 17.2 Å². The van der Waals surface area contributed by atoms with Gasteiger partial charge < -0.3 is 10.1 Å². The minimum atomic E-state index is -0.118. The van der Waals surface area contributed by atoms with Crippen molar-refractivity contribution in [2.24, 2.45) is 0 Å². The quantitative estimate of drug-likeness (QED) is 0.731. The first-order chi connectivity index (χ1) is 12.2. The SMILES string of the molecule is COc1ccc(Br)cc1-c1nccc(-c2cc3n(n2)CCNC3=O)n1. The lowest BCUT2D eigenvalue weighted by Gasteiger charge is -2.13. The van der Waals surface area contributed by atoms with Gasteiger partial charge in [-0.1, -0.05) is 15.9 Å². The molecule has 0 saturated carbocycles. The summed E-state index contributed by atoms with van der Waals surface area (Å²) >= 11 is 3.46. The summed E-state index contributed by atoms with van der Waals surface area (Å²) in [7, 11) is 1.61. The molecule has 25 heavy (non-hydrogen) atoms. The number of nitrogens with one attached hydrogen (secondary N) is 1. The number of nitrogens with zero attached hydrogens (tertiary/aromatic N) is 4. The number of ether oxygens (including phenoxy) is 1. The minimum Gasteiger partial charge on any atom is -0.496 e. The molecule has 3 heterocycles. The fourth-order valence-corrected chi connectivity index (χ4v) is 3.11. The van der Waals surface area contributed by atoms with Crippen molar-refractivity contribution in [3.8, 4) is 28.5 Å². The van der Waals surface area contributed by atoms with Crippen LogP contribution in [0, 0.1) is 0 Å². The first-order valence-corrected chi connectivity index (χ1v) is 8.48. The van der Waals surface area contributed by atoms with Crippen LogP contribution in [0.15, 0.2) is 41.0 Å². The molecule has 0 fully saturated rings. The third-order valence-corrected chi connectivity index (χ3v) is 4.44. The number of amides is 1. The minimum absolute atomic E-state index is 0.118. The van der Waals surface area contributed by atoms with Crippen LogP contribution in [-0.2, 0) is 6.54 Å². The molecule has 126 valence electrons. The van der Waals surface area contributed by atoms with Crippen molar-refractivity contribution in [1.29, 1.82) is 0 Å². The third-order valence-electron chi connectivity index (χ3n) is 3.94. The average molecular weight is 400 g/mol. The van der Waals surface area contributed by atoms with Gasteiger partial charge in [-0.3, -0.25) is 9.48 Å². The second kappa shape index (κ2) is 6.29. The van der Waals surface area contributed by atoms with Crippen LogP contribution in [0.3, 0.4) is 0 Å². The van der Waals surface area contributed by atoms with E-state index in [9.17, 15) is 4.79 Å². The van der Waals surface area contributed by atoms with Crippen molar-refractivity contribution in [1.82, 2.24) is 25.1 Å². The lowest BCUT2D eigenvalue weighted by Crippen LogP contribution is -2.35. The molecular formula is C17H14BrN5O2. The molecule has 1 aliphatic heterocycles. The maximum Gasteiger partial charge on any atom is 0.269 e. The van der Waals surface area contributed by atoms with E-state index < -0.39 is 0 Å². The molecule has 2 aromatic heterocycles. The zero-order chi connectivity index (χ0) is 17.4. The largest absolute Gasteiger partial charge is 0.496 e. The summed E-state index contributed by atoms with van der Waals surface area (Å²) < 4.78 is 8.02. The van der Waals surface area contributed by atoms with Gasteiger partial charge in [0.05, 0.1) is 24.9 Å². The van der Waals surface area contributed by atoms with Crippen LogP contribution in [0.1, 0.15) is 10.5 Å². The van der Waals surface area contributed by atoms with E-state index in [-0.39, 0.29) is 5.91 Å². The first-order valence-electron chi connectivity index (χ1n) is 7.69. The molecule has 8 heteroatoms. The number of rotatable bonds is 3. The van der Waals surface area contributed by atoms with E-state index in [0.717, 1.165) is 10.0 Å². The summed E-state index contributed by atoms with van der Waals surface area (Å²) in [6.07, 6.45) is 1.68. The Hall–Kier alpha value is -2.74. The molecule has 0 bridgehead atoms. The van der Waals surface area contributed by atoms with Crippen molar-refractivity contribution in [2.45, 2.75) is 6.54 Å². The van der Waals surface area contributed by atoms with E-state index >= 15 is 0 Å². The predicted molar refractivity (Wildman–Crippen MR) is 95.3 cm³/mol. The lowest BCUT2D eigenvalue weighted by atomic mass is 10.1. The monoisotopic (exact) mass is 399 g/mol. The van der Waals surface area contributed by atoms with Crippen LogP contribution in [0.25, 0.3) is 22.8 Å². The van der Waals surface area contributed by atoms with Crippen LogP contribution in [0.4, 0.5) is 0 Å². The smallest absolute Gasteiger partial charge is 0.269 e. The standard InChI is InChI=1S/C17H14BrN5O2/c1-25-15-3-2-10(18)8-11(15)16-19-5-4-12(21-16)13-9-14-17(24)20-6-7-23(14)22-13/h2-5,8-9H,6-7H2,1H3,(H,20,24). The molecule has 1 amide bonds. The highest BCUT2D eigenvalue weighted by Gasteiger charge is 2.20. The molecule has 4 rings (SSSR count). The first kappa shape index (κ1) is 15.8. The highest BCUT2D eigenvalue weighted by molar-refractivity contribution is 9.10. The number of fused-ring (bicyclic) bond motifs is 1. The molecule has 0 aliphatic carbocycles. The summed E-state index contributed by atoms with van der Waals surface area (Å²) in [5, 5.41) is 7.30. The number of hydrogen-bond acceptors (Lipinski definition) is 5. The zero-order valence-corrected chi connectivity index (χ0v) is 14.9. The number of benzene rings is 1. The van der Waals surface area contributed by atoms with Gasteiger partial charge in [-0.15, -0.1) is 0 Å². The summed E-state index contributed by atoms with van der Waals surface area (Å²) in [6, 6.07) is 9.19. The summed E-state index contributed by atoms with van der Waals surface area (Å²) in [5.74, 6) is 1.10. The molecule has 1 aromatic carbocycles. The summed E-state index contributed by atoms with van der Waals surface area (Å²) in [4.78, 5) is 20.9. The van der Waals surface area contributed by atoms with Crippen LogP contribution in [-0.4, -0.2) is 39.3 Å². The number of carbonyl (C=O) groups is 1. The van der Waals surface area contributed by atoms with E-state index in [1.54, 1.807) is 30.1 Å². The maximum atomic E-state index is 11.9. The van der Waals surface area contributed by atoms with E-state index in [1.807, 2.05) is 18.2 Å². The average Bonchev–Trinajstić information content (AvgIpc) is 3.08. The second-order valence-electron chi connectivity index (χ2n) is 5.50. The molecule has 0 radical (unpaired) electrons. The molecule has 3 aromatic rings. The Labute approximate surface area is 152 Å². The maximum absolute atomic E-state index is 11.9. The van der Waals surface area contributed by atoms with Gasteiger partial charge in [-0.25, -0.2) is 9.97 Å². The normalized spacial score (nSPS) is 13.3. The van der Waals surface area contributed by atoms with Gasteiger partial charge >= 0.3 is 0 Å². The highest BCUT2D eigenvalue weighted by atomic mass is 79.9. The van der Waals surface area contributed by atoms with E-state index in [0.29, 0.717) is 41.7 Å². The Kier molecular flexibility index (Phi) is 3.96. The van der Waals surface area contributed by atoms with Gasteiger partial charge in [-0.05, 0) is 30.3 Å². The Bertz CT molecular complexity index is 969. The summed E-state index contributed by atoms with van der Waals surface area (Å²) in [5.41, 5.74) is 2.62. The van der Waals surface area contributed by atoms with Gasteiger partial charge in [0.15, 0.2) is 5.82 Å². The van der Waals surface area contributed by atoms with Crippen molar-refractivity contribution in [3.05, 3.63) is 46.7 Å². The molecule has 0 atom stereocenters. The van der Waals surface area contributed by atoms with Crippen molar-refractivity contribution in [3.63, 3.8) is 0 Å². The Balaban J connectivity index is 1.78. The van der Waals surface area contributed by atoms with E-state index in [2.05, 4.69) is 36.3 Å². The Morgan fingerprint density at radius 3 is 2.92 bits per heavy atom. The number of methoxy groups -OCH3 is 1. The molecule has 1 N–H and O–H groups in total. The van der Waals surface area contributed by atoms with Gasteiger partial charge in [0.1, 0.15) is 17.1 Å². The molecular weight excluding hydrogens is 386 g/mol. The van der Waals surface area contributed by atoms with Crippen LogP contribution < -0.4 is 10.1 Å². The number of aromatic nitrogens is 4. The Morgan fingerprint density at radius 2 is 2.12 bits per heavy atom. The fourth-order valence-electron chi connectivity index (χ4n) is 2.75. The van der Waals surface area contributed by atoms with Crippen LogP contribution >= 0.6 is 15.9 Å². The number of halogens is 1. The van der Waals surface area contributed by atoms with Crippen molar-refractivity contribution in [2.75, 3.05) is 13.7 Å². The molecule has 0 unspecified atom stereocenters. The summed E-state index contributed by atoms with van der Waals surface area (Å²) in [6.45, 7) is 1.23. The van der Waals surface area contributed by atoms with Crippen molar-refractivity contribution >= 4 is 21.8 Å². The Morgan fingerprint density at radius 1 is 1.24 bits per heavy atom. The fraction of sp³-hybridized carbons (Fsp3) is 0.176. The second-order valence-corrected chi connectivity index (χ2v) is 6.42. The highest BCUT2D eigenvalue weighted by Crippen LogP contribution is 2.31. The van der Waals surface area contributed by atoms with Crippen LogP contribution in [0.5, 0.6) is 5.75 Å². The molecule has 1 aliphatic rings. The third kappa shape index (κ3) is 2.89. The molecule has 0 spiro atoms. The van der Waals surface area contributed by atoms with Gasteiger partial charge in [0.25, 0.3) is 5.91 Å². The lowest BCUT2D eigenvalue weighted by molar-refractivity contribution is 0.0924. The number of carbonyl (C=O) groups excluding carboxylic acids is 1. The molecule has 7 nitrogen and oxygen atoms in total. The zero-order valence-electron chi connectivity index (χ0n) is 13.4. The van der Waals surface area contributed by atoms with Crippen molar-refractivity contribution < 1.29 is 9.53 Å².